The molecule has 0 aliphatic carbocycles. The van der Waals surface area contributed by atoms with Crippen molar-refractivity contribution in [2.45, 2.75) is 17.0 Å². The molecule has 6 nitrogen and oxygen atoms in total. The molecule has 0 saturated carbocycles. The average molecular weight is 317 g/mol. The lowest BCUT2D eigenvalue weighted by Crippen LogP contribution is -2.00. The molecule has 0 unspecified atom stereocenters. The Balaban J connectivity index is 2.51. The Morgan fingerprint density at radius 3 is 2.68 bits per heavy atom. The summed E-state index contributed by atoms with van der Waals surface area (Å²) >= 11 is 12.7. The molecule has 98 valence electrons. The standard InChI is InChI=1S/C10H6Cl2N4O2S/c1-5-7(16(17)18)9(15-10(12)14-5)19-8-6(11)3-2-4-13-8/h2-4H,1H3. The van der Waals surface area contributed by atoms with E-state index in [-0.39, 0.29) is 21.7 Å². The molecule has 0 saturated heterocycles. The van der Waals surface area contributed by atoms with Crippen molar-refractivity contribution >= 4 is 40.7 Å². The van der Waals surface area contributed by atoms with Crippen molar-refractivity contribution in [2.75, 3.05) is 0 Å². The zero-order valence-corrected chi connectivity index (χ0v) is 11.8. The van der Waals surface area contributed by atoms with E-state index >= 15 is 0 Å². The third-order valence-electron chi connectivity index (χ3n) is 2.10. The van der Waals surface area contributed by atoms with Crippen LogP contribution in [-0.2, 0) is 0 Å². The predicted molar refractivity (Wildman–Crippen MR) is 71.8 cm³/mol. The van der Waals surface area contributed by atoms with Gasteiger partial charge in [-0.25, -0.2) is 15.0 Å². The van der Waals surface area contributed by atoms with E-state index in [1.54, 1.807) is 12.1 Å². The Labute approximate surface area is 122 Å². The van der Waals surface area contributed by atoms with Crippen molar-refractivity contribution in [1.82, 2.24) is 15.0 Å². The number of hydrogen-bond acceptors (Lipinski definition) is 6. The van der Waals surface area contributed by atoms with Gasteiger partial charge >= 0.3 is 5.69 Å². The molecule has 0 atom stereocenters. The fourth-order valence-electron chi connectivity index (χ4n) is 1.33. The van der Waals surface area contributed by atoms with Crippen LogP contribution < -0.4 is 0 Å². The fraction of sp³-hybridized carbons (Fsp3) is 0.100. The van der Waals surface area contributed by atoms with Crippen molar-refractivity contribution in [3.05, 3.63) is 44.4 Å². The van der Waals surface area contributed by atoms with Gasteiger partial charge in [0.2, 0.25) is 5.28 Å². The van der Waals surface area contributed by atoms with Crippen molar-refractivity contribution in [1.29, 1.82) is 0 Å². The average Bonchev–Trinajstić information content (AvgIpc) is 2.30. The number of aromatic nitrogens is 3. The van der Waals surface area contributed by atoms with Gasteiger partial charge < -0.3 is 0 Å². The van der Waals surface area contributed by atoms with Crippen molar-refractivity contribution < 1.29 is 4.92 Å². The first-order valence-corrected chi connectivity index (χ1v) is 6.53. The van der Waals surface area contributed by atoms with Gasteiger partial charge in [-0.05, 0) is 42.4 Å². The molecule has 0 amide bonds. The number of nitro groups is 1. The van der Waals surface area contributed by atoms with E-state index in [2.05, 4.69) is 15.0 Å². The molecular formula is C10H6Cl2N4O2S. The van der Waals surface area contributed by atoms with Crippen LogP contribution in [0.3, 0.4) is 0 Å². The van der Waals surface area contributed by atoms with Crippen molar-refractivity contribution in [3.63, 3.8) is 0 Å². The van der Waals surface area contributed by atoms with Gasteiger partial charge in [-0.15, -0.1) is 0 Å². The van der Waals surface area contributed by atoms with E-state index in [0.29, 0.717) is 10.0 Å². The lowest BCUT2D eigenvalue weighted by Gasteiger charge is -2.05. The highest BCUT2D eigenvalue weighted by atomic mass is 35.5. The molecule has 2 rings (SSSR count). The molecule has 2 aromatic rings. The molecule has 0 aliphatic heterocycles. The van der Waals surface area contributed by atoms with Gasteiger partial charge in [0.1, 0.15) is 10.7 Å². The highest BCUT2D eigenvalue weighted by molar-refractivity contribution is 7.99. The van der Waals surface area contributed by atoms with Gasteiger partial charge in [-0.1, -0.05) is 11.6 Å². The van der Waals surface area contributed by atoms with Gasteiger partial charge in [0.25, 0.3) is 0 Å². The second kappa shape index (κ2) is 5.68. The van der Waals surface area contributed by atoms with Crippen LogP contribution in [0.2, 0.25) is 10.3 Å². The summed E-state index contributed by atoms with van der Waals surface area (Å²) in [7, 11) is 0. The molecule has 0 bridgehead atoms. The number of pyridine rings is 1. The summed E-state index contributed by atoms with van der Waals surface area (Å²) in [5, 5.41) is 11.9. The zero-order valence-electron chi connectivity index (χ0n) is 9.50. The number of aryl methyl sites for hydroxylation is 1. The van der Waals surface area contributed by atoms with Gasteiger partial charge in [-0.2, -0.15) is 0 Å². The van der Waals surface area contributed by atoms with Crippen molar-refractivity contribution in [2.24, 2.45) is 0 Å². The normalized spacial score (nSPS) is 10.5. The molecule has 0 N–H and O–H groups in total. The minimum absolute atomic E-state index is 0.0577. The Kier molecular flexibility index (Phi) is 4.18. The van der Waals surface area contributed by atoms with Crippen LogP contribution in [0, 0.1) is 17.0 Å². The first-order valence-electron chi connectivity index (χ1n) is 4.96. The van der Waals surface area contributed by atoms with E-state index in [4.69, 9.17) is 23.2 Å². The van der Waals surface area contributed by atoms with E-state index in [0.717, 1.165) is 11.8 Å². The molecule has 2 heterocycles. The summed E-state index contributed by atoms with van der Waals surface area (Å²) < 4.78 is 0. The second-order valence-electron chi connectivity index (χ2n) is 3.38. The van der Waals surface area contributed by atoms with Crippen LogP contribution in [0.15, 0.2) is 28.4 Å². The number of nitrogens with zero attached hydrogens (tertiary/aromatic N) is 4. The molecular weight excluding hydrogens is 311 g/mol. The summed E-state index contributed by atoms with van der Waals surface area (Å²) in [5.74, 6) is 0. The summed E-state index contributed by atoms with van der Waals surface area (Å²) in [4.78, 5) is 22.2. The maximum absolute atomic E-state index is 11.0. The maximum Gasteiger partial charge on any atom is 0.322 e. The van der Waals surface area contributed by atoms with Crippen LogP contribution in [-0.4, -0.2) is 19.9 Å². The first kappa shape index (κ1) is 14.0. The van der Waals surface area contributed by atoms with Gasteiger partial charge in [0, 0.05) is 6.20 Å². The molecule has 9 heteroatoms. The van der Waals surface area contributed by atoms with E-state index < -0.39 is 4.92 Å². The lowest BCUT2D eigenvalue weighted by atomic mass is 10.4. The monoisotopic (exact) mass is 316 g/mol. The molecule has 0 fully saturated rings. The summed E-state index contributed by atoms with van der Waals surface area (Å²) in [6.45, 7) is 1.50. The Morgan fingerprint density at radius 2 is 2.05 bits per heavy atom. The van der Waals surface area contributed by atoms with Gasteiger partial charge in [0.05, 0.1) is 9.95 Å². The van der Waals surface area contributed by atoms with Gasteiger partial charge in [0.15, 0.2) is 5.03 Å². The number of halogens is 2. The van der Waals surface area contributed by atoms with E-state index in [9.17, 15) is 10.1 Å². The molecule has 0 spiro atoms. The minimum Gasteiger partial charge on any atom is -0.258 e. The molecule has 19 heavy (non-hydrogen) atoms. The smallest absolute Gasteiger partial charge is 0.258 e. The Morgan fingerprint density at radius 1 is 1.32 bits per heavy atom. The summed E-state index contributed by atoms with van der Waals surface area (Å²) in [6, 6.07) is 3.30. The van der Waals surface area contributed by atoms with E-state index in [1.165, 1.54) is 13.1 Å². The van der Waals surface area contributed by atoms with Gasteiger partial charge in [-0.3, -0.25) is 10.1 Å². The molecule has 2 aromatic heterocycles. The largest absolute Gasteiger partial charge is 0.322 e. The van der Waals surface area contributed by atoms with Crippen LogP contribution in [0.1, 0.15) is 5.69 Å². The Bertz CT molecular complexity index is 653. The summed E-state index contributed by atoms with van der Waals surface area (Å²) in [5.41, 5.74) is -0.00401. The predicted octanol–water partition coefficient (Wildman–Crippen LogP) is 3.55. The third-order valence-corrected chi connectivity index (χ3v) is 3.68. The number of hydrogen-bond donors (Lipinski definition) is 0. The Hall–Kier alpha value is -1.44. The highest BCUT2D eigenvalue weighted by Crippen LogP contribution is 2.36. The molecule has 0 aromatic carbocycles. The molecule has 0 radical (unpaired) electrons. The first-order chi connectivity index (χ1) is 8.99. The quantitative estimate of drug-likeness (QED) is 0.373. The van der Waals surface area contributed by atoms with Crippen LogP contribution in [0.5, 0.6) is 0 Å². The summed E-state index contributed by atoms with van der Waals surface area (Å²) in [6.07, 6.45) is 1.54. The lowest BCUT2D eigenvalue weighted by molar-refractivity contribution is -0.389. The topological polar surface area (TPSA) is 81.8 Å². The fourth-order valence-corrected chi connectivity index (χ4v) is 2.74. The molecule has 0 aliphatic rings. The van der Waals surface area contributed by atoms with Crippen molar-refractivity contribution in [3.8, 4) is 0 Å². The minimum atomic E-state index is -0.551. The second-order valence-corrected chi connectivity index (χ2v) is 5.10. The van der Waals surface area contributed by atoms with Crippen LogP contribution in [0.25, 0.3) is 0 Å². The SMILES string of the molecule is Cc1nc(Cl)nc(Sc2ncccc2Cl)c1[N+](=O)[O-]. The van der Waals surface area contributed by atoms with Crippen LogP contribution >= 0.6 is 35.0 Å². The zero-order chi connectivity index (χ0) is 14.0. The highest BCUT2D eigenvalue weighted by Gasteiger charge is 2.23. The number of rotatable bonds is 3. The van der Waals surface area contributed by atoms with E-state index in [1.807, 2.05) is 0 Å². The van der Waals surface area contributed by atoms with Crippen LogP contribution in [0.4, 0.5) is 5.69 Å². The third kappa shape index (κ3) is 3.12. The maximum atomic E-state index is 11.0.